The molecule has 126 valence electrons. The van der Waals surface area contributed by atoms with Crippen LogP contribution >= 0.6 is 12.4 Å². The molecule has 0 amide bonds. The summed E-state index contributed by atoms with van der Waals surface area (Å²) in [5.41, 5.74) is 7.29. The lowest BCUT2D eigenvalue weighted by atomic mass is 9.98. The van der Waals surface area contributed by atoms with Gasteiger partial charge in [0.2, 0.25) is 5.89 Å². The second-order valence-corrected chi connectivity index (χ2v) is 6.56. The Labute approximate surface area is 147 Å². The number of aromatic nitrogens is 2. The molecule has 0 radical (unpaired) electrons. The van der Waals surface area contributed by atoms with Crippen LogP contribution in [0, 0.1) is 0 Å². The number of fused-ring (bicyclic) bond motifs is 1. The van der Waals surface area contributed by atoms with Crippen LogP contribution < -0.4 is 5.73 Å². The topological polar surface area (TPSA) is 64.9 Å². The van der Waals surface area contributed by atoms with Crippen molar-refractivity contribution in [1.29, 1.82) is 0 Å². The van der Waals surface area contributed by atoms with Gasteiger partial charge >= 0.3 is 0 Å². The van der Waals surface area contributed by atoms with Crippen molar-refractivity contribution in [2.75, 3.05) is 0 Å². The number of hydrogen-bond donors (Lipinski definition) is 1. The maximum atomic E-state index is 6.38. The van der Waals surface area contributed by atoms with Crippen LogP contribution in [-0.2, 0) is 18.4 Å². The molecule has 1 aromatic heterocycles. The fourth-order valence-corrected chi connectivity index (χ4v) is 3.43. The van der Waals surface area contributed by atoms with Crippen molar-refractivity contribution in [2.45, 2.75) is 44.1 Å². The largest absolute Gasteiger partial charge is 0.339 e. The number of nitrogens with two attached hydrogens (primary N) is 1. The number of nitrogens with zero attached hydrogens (tertiary/aromatic N) is 2. The van der Waals surface area contributed by atoms with Gasteiger partial charge in [-0.25, -0.2) is 0 Å². The lowest BCUT2D eigenvalue weighted by molar-refractivity contribution is 0.348. The van der Waals surface area contributed by atoms with E-state index in [0.29, 0.717) is 11.7 Å². The SMILES string of the molecule is Cl.NC1(c2noc(CCc3ccc4ccccc4c3)n2)CCCC1. The minimum atomic E-state index is -0.370. The van der Waals surface area contributed by atoms with E-state index >= 15 is 0 Å². The maximum absolute atomic E-state index is 6.38. The normalized spacial score (nSPS) is 16.2. The van der Waals surface area contributed by atoms with Crippen LogP contribution in [-0.4, -0.2) is 10.1 Å². The van der Waals surface area contributed by atoms with Crippen molar-refractivity contribution in [1.82, 2.24) is 10.1 Å². The minimum absolute atomic E-state index is 0. The molecule has 4 rings (SSSR count). The number of rotatable bonds is 4. The Morgan fingerprint density at radius 3 is 2.54 bits per heavy atom. The Kier molecular flexibility index (Phi) is 4.88. The maximum Gasteiger partial charge on any atom is 0.227 e. The summed E-state index contributed by atoms with van der Waals surface area (Å²) in [5, 5.41) is 6.65. The third kappa shape index (κ3) is 3.30. The molecule has 5 heteroatoms. The molecule has 3 aromatic rings. The Bertz CT molecular complexity index is 824. The van der Waals surface area contributed by atoms with Crippen LogP contribution in [0.3, 0.4) is 0 Å². The van der Waals surface area contributed by atoms with Gasteiger partial charge in [-0.3, -0.25) is 0 Å². The van der Waals surface area contributed by atoms with E-state index in [1.807, 2.05) is 0 Å². The number of hydrogen-bond acceptors (Lipinski definition) is 4. The Morgan fingerprint density at radius 1 is 1.00 bits per heavy atom. The van der Waals surface area contributed by atoms with Crippen LogP contribution in [0.1, 0.15) is 43.0 Å². The van der Waals surface area contributed by atoms with Gasteiger partial charge in [0.1, 0.15) is 0 Å². The van der Waals surface area contributed by atoms with E-state index in [-0.39, 0.29) is 17.9 Å². The summed E-state index contributed by atoms with van der Waals surface area (Å²) in [6.07, 6.45) is 5.85. The Morgan fingerprint density at radius 2 is 1.75 bits per heavy atom. The van der Waals surface area contributed by atoms with Crippen molar-refractivity contribution in [3.05, 3.63) is 59.7 Å². The molecule has 2 N–H and O–H groups in total. The summed E-state index contributed by atoms with van der Waals surface area (Å²) in [6, 6.07) is 15.0. The lowest BCUT2D eigenvalue weighted by Gasteiger charge is -2.17. The van der Waals surface area contributed by atoms with E-state index in [0.717, 1.165) is 38.5 Å². The van der Waals surface area contributed by atoms with Crippen LogP contribution in [0.2, 0.25) is 0 Å². The van der Waals surface area contributed by atoms with Gasteiger partial charge in [0.25, 0.3) is 0 Å². The molecule has 2 aromatic carbocycles. The molecule has 1 aliphatic rings. The number of halogens is 1. The molecular formula is C19H22ClN3O. The molecule has 4 nitrogen and oxygen atoms in total. The van der Waals surface area contributed by atoms with Gasteiger partial charge in [-0.15, -0.1) is 12.4 Å². The average Bonchev–Trinajstić information content (AvgIpc) is 3.23. The average molecular weight is 344 g/mol. The molecule has 1 heterocycles. The summed E-state index contributed by atoms with van der Waals surface area (Å²) < 4.78 is 5.41. The van der Waals surface area contributed by atoms with Gasteiger partial charge in [0.15, 0.2) is 5.82 Å². The highest BCUT2D eigenvalue weighted by Crippen LogP contribution is 2.34. The zero-order chi connectivity index (χ0) is 15.7. The van der Waals surface area contributed by atoms with Crippen LogP contribution in [0.25, 0.3) is 10.8 Å². The number of aryl methyl sites for hydroxylation is 2. The van der Waals surface area contributed by atoms with E-state index in [2.05, 4.69) is 52.6 Å². The monoisotopic (exact) mass is 343 g/mol. The lowest BCUT2D eigenvalue weighted by Crippen LogP contribution is -2.34. The third-order valence-electron chi connectivity index (χ3n) is 4.85. The first-order valence-corrected chi connectivity index (χ1v) is 8.33. The zero-order valence-corrected chi connectivity index (χ0v) is 14.4. The van der Waals surface area contributed by atoms with E-state index in [1.54, 1.807) is 0 Å². The zero-order valence-electron chi connectivity index (χ0n) is 13.6. The van der Waals surface area contributed by atoms with Crippen molar-refractivity contribution < 1.29 is 4.52 Å². The molecule has 1 fully saturated rings. The minimum Gasteiger partial charge on any atom is -0.339 e. The summed E-state index contributed by atoms with van der Waals surface area (Å²) >= 11 is 0. The highest BCUT2D eigenvalue weighted by molar-refractivity contribution is 5.85. The highest BCUT2D eigenvalue weighted by atomic mass is 35.5. The Hall–Kier alpha value is -1.91. The quantitative estimate of drug-likeness (QED) is 0.772. The van der Waals surface area contributed by atoms with Crippen LogP contribution in [0.5, 0.6) is 0 Å². The first kappa shape index (κ1) is 16.9. The summed E-state index contributed by atoms with van der Waals surface area (Å²) in [5.74, 6) is 1.37. The second kappa shape index (κ2) is 6.91. The van der Waals surface area contributed by atoms with Gasteiger partial charge in [0.05, 0.1) is 5.54 Å². The van der Waals surface area contributed by atoms with Gasteiger partial charge < -0.3 is 10.3 Å². The molecule has 1 saturated carbocycles. The molecule has 0 atom stereocenters. The molecule has 24 heavy (non-hydrogen) atoms. The van der Waals surface area contributed by atoms with Gasteiger partial charge in [0, 0.05) is 6.42 Å². The summed E-state index contributed by atoms with van der Waals surface area (Å²) in [4.78, 5) is 4.54. The molecule has 0 saturated heterocycles. The predicted molar refractivity (Wildman–Crippen MR) is 97.2 cm³/mol. The molecule has 0 unspecified atom stereocenters. The molecule has 1 aliphatic carbocycles. The van der Waals surface area contributed by atoms with E-state index in [1.165, 1.54) is 16.3 Å². The fraction of sp³-hybridized carbons (Fsp3) is 0.368. The molecule has 0 aliphatic heterocycles. The van der Waals surface area contributed by atoms with Crippen LogP contribution in [0.15, 0.2) is 47.0 Å². The van der Waals surface area contributed by atoms with E-state index in [9.17, 15) is 0 Å². The van der Waals surface area contributed by atoms with Crippen molar-refractivity contribution in [3.63, 3.8) is 0 Å². The van der Waals surface area contributed by atoms with Crippen molar-refractivity contribution in [3.8, 4) is 0 Å². The van der Waals surface area contributed by atoms with Crippen molar-refractivity contribution in [2.24, 2.45) is 5.73 Å². The molecular weight excluding hydrogens is 322 g/mol. The summed E-state index contributed by atoms with van der Waals surface area (Å²) in [7, 11) is 0. The second-order valence-electron chi connectivity index (χ2n) is 6.56. The standard InChI is InChI=1S/C19H21N3O.ClH/c20-19(11-3-4-12-19)18-21-17(23-22-18)10-8-14-7-9-15-5-1-2-6-16(15)13-14;/h1-2,5-7,9,13H,3-4,8,10-12,20H2;1H. The fourth-order valence-electron chi connectivity index (χ4n) is 3.43. The van der Waals surface area contributed by atoms with Gasteiger partial charge in [-0.2, -0.15) is 4.98 Å². The molecule has 0 spiro atoms. The first-order chi connectivity index (χ1) is 11.2. The van der Waals surface area contributed by atoms with Crippen molar-refractivity contribution >= 4 is 23.2 Å². The van der Waals surface area contributed by atoms with Gasteiger partial charge in [-0.05, 0) is 35.6 Å². The van der Waals surface area contributed by atoms with E-state index < -0.39 is 0 Å². The Balaban J connectivity index is 0.00000169. The van der Waals surface area contributed by atoms with Crippen LogP contribution in [0.4, 0.5) is 0 Å². The van der Waals surface area contributed by atoms with E-state index in [4.69, 9.17) is 10.3 Å². The number of benzene rings is 2. The smallest absolute Gasteiger partial charge is 0.227 e. The third-order valence-corrected chi connectivity index (χ3v) is 4.85. The predicted octanol–water partition coefficient (Wildman–Crippen LogP) is 4.16. The molecule has 0 bridgehead atoms. The highest BCUT2D eigenvalue weighted by Gasteiger charge is 2.35. The first-order valence-electron chi connectivity index (χ1n) is 8.33. The summed E-state index contributed by atoms with van der Waals surface area (Å²) in [6.45, 7) is 0. The van der Waals surface area contributed by atoms with Gasteiger partial charge in [-0.1, -0.05) is 60.5 Å².